The first kappa shape index (κ1) is 31.9. The largest absolute Gasteiger partial charge is 0.310 e. The summed E-state index contributed by atoms with van der Waals surface area (Å²) in [5, 5.41) is 10.0. The fourth-order valence-corrected chi connectivity index (χ4v) is 9.35. The van der Waals surface area contributed by atoms with E-state index >= 15 is 0 Å². The van der Waals surface area contributed by atoms with E-state index in [1.54, 1.807) is 0 Å². The summed E-state index contributed by atoms with van der Waals surface area (Å²) in [4.78, 5) is 2.43. The number of anilines is 3. The zero-order chi connectivity index (χ0) is 37.6. The summed E-state index contributed by atoms with van der Waals surface area (Å²) in [6, 6.07) is 73.9. The third kappa shape index (κ3) is 4.91. The molecule has 0 saturated carbocycles. The van der Waals surface area contributed by atoms with Crippen molar-refractivity contribution in [3.8, 4) is 39.1 Å². The maximum Gasteiger partial charge on any atom is 0.0546 e. The van der Waals surface area contributed by atoms with Gasteiger partial charge in [0.15, 0.2) is 0 Å². The van der Waals surface area contributed by atoms with E-state index < -0.39 is 0 Å². The van der Waals surface area contributed by atoms with Crippen molar-refractivity contribution in [2.24, 2.45) is 0 Å². The zero-order valence-electron chi connectivity index (χ0n) is 31.4. The average molecular weight is 725 g/mol. The molecule has 0 N–H and O–H groups in total. The number of benzene rings is 10. The summed E-state index contributed by atoms with van der Waals surface area (Å²) in [6.07, 6.45) is 0. The molecule has 1 aliphatic carbocycles. The number of fused-ring (bicyclic) bond motifs is 10. The number of aromatic nitrogens is 1. The van der Waals surface area contributed by atoms with Crippen molar-refractivity contribution in [2.45, 2.75) is 6.92 Å². The molecule has 1 aliphatic rings. The van der Waals surface area contributed by atoms with Crippen LogP contribution in [0, 0.1) is 6.92 Å². The number of rotatable bonds is 5. The SMILES string of the molecule is Cc1ccc(N(c2ccc3cc4c(cc3c2)-c2cc3ccc(-n5c6ccccc6c6ccccc65)cc3cc2-4)c2ccc3ccccc3c2-c2ccccc2)cc1. The Morgan fingerprint density at radius 2 is 0.895 bits per heavy atom. The van der Waals surface area contributed by atoms with Crippen LogP contribution in [0.2, 0.25) is 0 Å². The molecule has 0 saturated heterocycles. The van der Waals surface area contributed by atoms with E-state index in [2.05, 4.69) is 217 Å². The lowest BCUT2D eigenvalue weighted by molar-refractivity contribution is 1.19. The molecular formula is C55H36N2. The summed E-state index contributed by atoms with van der Waals surface area (Å²) < 4.78 is 2.41. The van der Waals surface area contributed by atoms with Gasteiger partial charge in [-0.2, -0.15) is 0 Å². The average Bonchev–Trinajstić information content (AvgIpc) is 3.60. The van der Waals surface area contributed by atoms with Gasteiger partial charge in [0.2, 0.25) is 0 Å². The summed E-state index contributed by atoms with van der Waals surface area (Å²) in [6.45, 7) is 2.15. The molecule has 0 amide bonds. The predicted molar refractivity (Wildman–Crippen MR) is 243 cm³/mol. The van der Waals surface area contributed by atoms with Gasteiger partial charge in [-0.1, -0.05) is 127 Å². The summed E-state index contributed by atoms with van der Waals surface area (Å²) in [5.74, 6) is 0. The van der Waals surface area contributed by atoms with E-state index in [0.717, 1.165) is 17.1 Å². The Hall–Kier alpha value is -7.42. The summed E-state index contributed by atoms with van der Waals surface area (Å²) >= 11 is 0. The Morgan fingerprint density at radius 1 is 0.368 bits per heavy atom. The molecule has 57 heavy (non-hydrogen) atoms. The molecule has 0 unspecified atom stereocenters. The molecule has 11 aromatic rings. The highest BCUT2D eigenvalue weighted by molar-refractivity contribution is 6.14. The van der Waals surface area contributed by atoms with E-state index in [9.17, 15) is 0 Å². The first-order valence-corrected chi connectivity index (χ1v) is 19.8. The van der Waals surface area contributed by atoms with E-state index in [4.69, 9.17) is 0 Å². The molecule has 10 aromatic carbocycles. The van der Waals surface area contributed by atoms with Gasteiger partial charge < -0.3 is 9.47 Å². The molecule has 12 rings (SSSR count). The van der Waals surface area contributed by atoms with Crippen LogP contribution >= 0.6 is 0 Å². The minimum absolute atomic E-state index is 1.13. The lowest BCUT2D eigenvalue weighted by Crippen LogP contribution is -2.11. The highest BCUT2D eigenvalue weighted by Crippen LogP contribution is 2.51. The zero-order valence-corrected chi connectivity index (χ0v) is 31.4. The second-order valence-corrected chi connectivity index (χ2v) is 15.4. The van der Waals surface area contributed by atoms with Crippen molar-refractivity contribution in [3.05, 3.63) is 206 Å². The lowest BCUT2D eigenvalue weighted by Gasteiger charge is -2.30. The van der Waals surface area contributed by atoms with Crippen molar-refractivity contribution in [1.82, 2.24) is 4.57 Å². The molecule has 0 atom stereocenters. The first-order chi connectivity index (χ1) is 28.2. The number of nitrogens with zero attached hydrogens (tertiary/aromatic N) is 2. The van der Waals surface area contributed by atoms with Crippen molar-refractivity contribution >= 4 is 71.2 Å². The van der Waals surface area contributed by atoms with E-state index in [1.807, 2.05) is 0 Å². The maximum atomic E-state index is 2.43. The van der Waals surface area contributed by atoms with Crippen LogP contribution in [0.4, 0.5) is 17.1 Å². The van der Waals surface area contributed by atoms with Crippen molar-refractivity contribution in [3.63, 3.8) is 0 Å². The van der Waals surface area contributed by atoms with Gasteiger partial charge in [-0.15, -0.1) is 0 Å². The minimum Gasteiger partial charge on any atom is -0.310 e. The number of aryl methyl sites for hydroxylation is 1. The second-order valence-electron chi connectivity index (χ2n) is 15.4. The van der Waals surface area contributed by atoms with Crippen LogP contribution in [-0.4, -0.2) is 4.57 Å². The van der Waals surface area contributed by atoms with Gasteiger partial charge in [0, 0.05) is 33.4 Å². The van der Waals surface area contributed by atoms with Crippen molar-refractivity contribution < 1.29 is 0 Å². The standard InChI is InChI=1S/C55H36N2/c1-35-19-24-42(25-20-35)56(54-28-23-36-11-5-6-14-45(36)55(54)37-12-3-2-4-13-37)43-26-21-38-31-48-50(33-40(38)29-43)49-32-39-22-27-44(30-41(39)34-51(48)49)57-52-17-9-7-15-46(52)47-16-8-10-18-53(47)57/h2-34H,1H3. The molecule has 0 aliphatic heterocycles. The van der Waals surface area contributed by atoms with Gasteiger partial charge in [-0.3, -0.25) is 0 Å². The summed E-state index contributed by atoms with van der Waals surface area (Å²) in [5.41, 5.74) is 16.0. The van der Waals surface area contributed by atoms with Crippen LogP contribution in [0.25, 0.3) is 93.2 Å². The van der Waals surface area contributed by atoms with E-state index in [-0.39, 0.29) is 0 Å². The molecule has 1 aromatic heterocycles. The fourth-order valence-electron chi connectivity index (χ4n) is 9.35. The Balaban J connectivity index is 0.985. The van der Waals surface area contributed by atoms with Crippen LogP contribution in [0.1, 0.15) is 5.56 Å². The van der Waals surface area contributed by atoms with Gasteiger partial charge in [0.05, 0.1) is 16.7 Å². The monoisotopic (exact) mass is 724 g/mol. The first-order valence-electron chi connectivity index (χ1n) is 19.8. The van der Waals surface area contributed by atoms with Crippen molar-refractivity contribution in [2.75, 3.05) is 4.90 Å². The lowest BCUT2D eigenvalue weighted by atomic mass is 9.78. The molecule has 2 nitrogen and oxygen atoms in total. The van der Waals surface area contributed by atoms with E-state index in [0.29, 0.717) is 0 Å². The number of hydrogen-bond donors (Lipinski definition) is 0. The molecule has 0 radical (unpaired) electrons. The van der Waals surface area contributed by atoms with Crippen LogP contribution in [0.15, 0.2) is 200 Å². The molecule has 0 fully saturated rings. The predicted octanol–water partition coefficient (Wildman–Crippen LogP) is 15.3. The molecule has 0 bridgehead atoms. The van der Waals surface area contributed by atoms with Crippen LogP contribution < -0.4 is 4.90 Å². The molecule has 0 spiro atoms. The fraction of sp³-hybridized carbons (Fsp3) is 0.0182. The summed E-state index contributed by atoms with van der Waals surface area (Å²) in [7, 11) is 0. The minimum atomic E-state index is 1.13. The smallest absolute Gasteiger partial charge is 0.0546 e. The molecule has 1 heterocycles. The van der Waals surface area contributed by atoms with Crippen LogP contribution in [0.3, 0.4) is 0 Å². The van der Waals surface area contributed by atoms with Crippen molar-refractivity contribution in [1.29, 1.82) is 0 Å². The topological polar surface area (TPSA) is 8.17 Å². The van der Waals surface area contributed by atoms with Gasteiger partial charge in [-0.05, 0) is 146 Å². The second kappa shape index (κ2) is 12.3. The van der Waals surface area contributed by atoms with Crippen LogP contribution in [-0.2, 0) is 0 Å². The Labute approximate surface area is 331 Å². The maximum absolute atomic E-state index is 2.43. The quantitative estimate of drug-likeness (QED) is 0.172. The molecule has 2 heteroatoms. The van der Waals surface area contributed by atoms with E-state index in [1.165, 1.54) is 98.8 Å². The van der Waals surface area contributed by atoms with Gasteiger partial charge in [0.1, 0.15) is 0 Å². The number of hydrogen-bond acceptors (Lipinski definition) is 1. The Morgan fingerprint density at radius 3 is 1.58 bits per heavy atom. The van der Waals surface area contributed by atoms with Gasteiger partial charge >= 0.3 is 0 Å². The molecular weight excluding hydrogens is 689 g/mol. The normalized spacial score (nSPS) is 11.9. The molecule has 266 valence electrons. The Bertz CT molecular complexity index is 3350. The van der Waals surface area contributed by atoms with Gasteiger partial charge in [-0.25, -0.2) is 0 Å². The van der Waals surface area contributed by atoms with Gasteiger partial charge in [0.25, 0.3) is 0 Å². The highest BCUT2D eigenvalue weighted by atomic mass is 15.1. The third-order valence-corrected chi connectivity index (χ3v) is 12.1. The highest BCUT2D eigenvalue weighted by Gasteiger charge is 2.25. The third-order valence-electron chi connectivity index (χ3n) is 12.1. The van der Waals surface area contributed by atoms with Crippen LogP contribution in [0.5, 0.6) is 0 Å². The Kier molecular flexibility index (Phi) is 6.88. The number of para-hydroxylation sites is 2.